The maximum absolute atomic E-state index is 3.07. The van der Waals surface area contributed by atoms with E-state index in [1.807, 2.05) is 34.8 Å². The van der Waals surface area contributed by atoms with E-state index in [4.69, 9.17) is 0 Å². The van der Waals surface area contributed by atoms with Crippen LogP contribution in [0.4, 0.5) is 0 Å². The van der Waals surface area contributed by atoms with Gasteiger partial charge in [0.25, 0.3) is 0 Å². The highest BCUT2D eigenvalue weighted by atomic mass is 33.1. The van der Waals surface area contributed by atoms with Crippen molar-refractivity contribution in [3.8, 4) is 0 Å². The summed E-state index contributed by atoms with van der Waals surface area (Å²) in [7, 11) is 15.2. The Bertz CT molecular complexity index is 970. The Kier molecular flexibility index (Phi) is 12.4. The van der Waals surface area contributed by atoms with Crippen molar-refractivity contribution < 1.29 is 9.38 Å². The maximum atomic E-state index is 3.07. The van der Waals surface area contributed by atoms with E-state index in [-0.39, 0.29) is 0 Å². The lowest BCUT2D eigenvalue weighted by Gasteiger charge is -2.29. The van der Waals surface area contributed by atoms with Crippen molar-refractivity contribution >= 4 is 38.6 Å². The number of aryl methyl sites for hydroxylation is 1. The smallest absolute Gasteiger partial charge is 0.0882 e. The molecule has 34 heavy (non-hydrogen) atoms. The van der Waals surface area contributed by atoms with Gasteiger partial charge in [-0.05, 0) is 37.8 Å². The summed E-state index contributed by atoms with van der Waals surface area (Å²) in [6.45, 7) is 9.06. The fourth-order valence-electron chi connectivity index (χ4n) is 3.98. The van der Waals surface area contributed by atoms with Gasteiger partial charge in [0.2, 0.25) is 0 Å². The second-order valence-electron chi connectivity index (χ2n) is 9.75. The molecule has 0 spiro atoms. The molecule has 0 amide bonds. The minimum atomic E-state index is 1.06. The molecule has 0 radical (unpaired) electrons. The molecule has 0 aliphatic rings. The zero-order valence-corrected chi connectivity index (χ0v) is 24.0. The van der Waals surface area contributed by atoms with Crippen LogP contribution in [0.2, 0.25) is 0 Å². The number of rotatable bonds is 15. The van der Waals surface area contributed by atoms with Crippen molar-refractivity contribution in [2.24, 2.45) is 0 Å². The van der Waals surface area contributed by atoms with E-state index < -0.39 is 0 Å². The predicted molar refractivity (Wildman–Crippen MR) is 157 cm³/mol. The van der Waals surface area contributed by atoms with Crippen LogP contribution < -0.4 is 10.2 Å². The van der Waals surface area contributed by atoms with Gasteiger partial charge >= 0.3 is 0 Å². The SMILES string of the molecule is C/C=C(\C=C/NC)/C=C/c1c(C)n(CCC[N+](C)(C)CCSSCC[NH+](C)C)c2ccccc12. The minimum absolute atomic E-state index is 1.06. The van der Waals surface area contributed by atoms with Crippen molar-refractivity contribution in [2.45, 2.75) is 26.8 Å². The number of hydrogen-bond acceptors (Lipinski definition) is 3. The number of quaternary nitrogens is 2. The number of aromatic nitrogens is 1. The van der Waals surface area contributed by atoms with Crippen molar-refractivity contribution in [2.75, 3.05) is 66.4 Å². The first-order chi connectivity index (χ1) is 16.3. The number of nitrogens with zero attached hydrogens (tertiary/aromatic N) is 2. The molecule has 1 heterocycles. The summed E-state index contributed by atoms with van der Waals surface area (Å²) >= 11 is 0. The molecule has 0 fully saturated rings. The van der Waals surface area contributed by atoms with Gasteiger partial charge in [0.15, 0.2) is 0 Å². The summed E-state index contributed by atoms with van der Waals surface area (Å²) in [6.07, 6.45) is 11.9. The summed E-state index contributed by atoms with van der Waals surface area (Å²) in [4.78, 5) is 1.53. The third-order valence-corrected chi connectivity index (χ3v) is 8.58. The van der Waals surface area contributed by atoms with Gasteiger partial charge < -0.3 is 19.3 Å². The molecule has 1 aromatic carbocycles. The quantitative estimate of drug-likeness (QED) is 0.160. The van der Waals surface area contributed by atoms with Crippen LogP contribution in [0.1, 0.15) is 24.6 Å². The standard InChI is InChI=1S/C28H45N4S2/c1-8-25(16-17-29-3)14-15-26-24(2)31(28-13-10-9-12-27(26)28)18-11-20-32(6,7)21-23-34-33-22-19-30(4)5/h8-10,12-17,29H,11,18-23H2,1-7H3/q+1/p+1/b15-14+,17-16-,25-8-. The van der Waals surface area contributed by atoms with Crippen LogP contribution in [0.25, 0.3) is 17.0 Å². The van der Waals surface area contributed by atoms with Gasteiger partial charge in [-0.25, -0.2) is 0 Å². The molecule has 0 aliphatic heterocycles. The van der Waals surface area contributed by atoms with Crippen LogP contribution in [-0.4, -0.2) is 75.4 Å². The normalized spacial score (nSPS) is 13.2. The molecule has 0 saturated heterocycles. The lowest BCUT2D eigenvalue weighted by Crippen LogP contribution is -3.06. The topological polar surface area (TPSA) is 21.4 Å². The number of benzene rings is 1. The Hall–Kier alpha value is -1.60. The van der Waals surface area contributed by atoms with Crippen LogP contribution in [0.15, 0.2) is 54.3 Å². The Balaban J connectivity index is 2.01. The first kappa shape index (κ1) is 28.6. The molecular formula is C28H46N4S2+2. The van der Waals surface area contributed by atoms with Gasteiger partial charge in [0.05, 0.1) is 59.3 Å². The lowest BCUT2D eigenvalue weighted by molar-refractivity contribution is -0.888. The van der Waals surface area contributed by atoms with E-state index in [1.165, 1.54) is 70.2 Å². The van der Waals surface area contributed by atoms with Crippen molar-refractivity contribution in [3.05, 3.63) is 65.5 Å². The van der Waals surface area contributed by atoms with E-state index in [1.54, 1.807) is 0 Å². The summed E-state index contributed by atoms with van der Waals surface area (Å²) in [5.41, 5.74) is 5.22. The number of fused-ring (bicyclic) bond motifs is 1. The summed E-state index contributed by atoms with van der Waals surface area (Å²) in [5.74, 6) is 2.45. The first-order valence-electron chi connectivity index (χ1n) is 12.4. The average Bonchev–Trinajstić information content (AvgIpc) is 3.07. The Morgan fingerprint density at radius 2 is 1.82 bits per heavy atom. The monoisotopic (exact) mass is 502 g/mol. The van der Waals surface area contributed by atoms with Gasteiger partial charge in [0.1, 0.15) is 0 Å². The molecule has 1 aromatic heterocycles. The van der Waals surface area contributed by atoms with Crippen LogP contribution in [0, 0.1) is 6.92 Å². The Labute approximate surface area is 216 Å². The highest BCUT2D eigenvalue weighted by molar-refractivity contribution is 8.76. The maximum Gasteiger partial charge on any atom is 0.0882 e. The predicted octanol–water partition coefficient (Wildman–Crippen LogP) is 4.63. The molecule has 2 aromatic rings. The second kappa shape index (κ2) is 14.7. The zero-order valence-electron chi connectivity index (χ0n) is 22.4. The third-order valence-electron chi connectivity index (χ3n) is 6.19. The molecule has 188 valence electrons. The third kappa shape index (κ3) is 9.21. The van der Waals surface area contributed by atoms with E-state index in [0.717, 1.165) is 11.0 Å². The molecular weight excluding hydrogens is 456 g/mol. The summed E-state index contributed by atoms with van der Waals surface area (Å²) in [6, 6.07) is 8.83. The number of nitrogens with one attached hydrogen (secondary N) is 2. The van der Waals surface area contributed by atoms with Crippen molar-refractivity contribution in [3.63, 3.8) is 0 Å². The zero-order chi connectivity index (χ0) is 25.0. The highest BCUT2D eigenvalue weighted by Gasteiger charge is 2.16. The average molecular weight is 503 g/mol. The van der Waals surface area contributed by atoms with E-state index >= 15 is 0 Å². The van der Waals surface area contributed by atoms with E-state index in [2.05, 4.69) is 100 Å². The van der Waals surface area contributed by atoms with E-state index in [9.17, 15) is 0 Å². The number of allylic oxidation sites excluding steroid dienone is 4. The Morgan fingerprint density at radius 3 is 2.53 bits per heavy atom. The molecule has 0 bridgehead atoms. The molecule has 6 heteroatoms. The molecule has 0 atom stereocenters. The second-order valence-corrected chi connectivity index (χ2v) is 12.5. The molecule has 4 nitrogen and oxygen atoms in total. The van der Waals surface area contributed by atoms with Crippen molar-refractivity contribution in [1.82, 2.24) is 9.88 Å². The van der Waals surface area contributed by atoms with Crippen LogP contribution in [0.3, 0.4) is 0 Å². The van der Waals surface area contributed by atoms with Gasteiger partial charge in [-0.2, -0.15) is 0 Å². The number of para-hydroxylation sites is 1. The molecule has 2 N–H and O–H groups in total. The van der Waals surface area contributed by atoms with Crippen LogP contribution >= 0.6 is 21.6 Å². The summed E-state index contributed by atoms with van der Waals surface area (Å²) < 4.78 is 3.60. The highest BCUT2D eigenvalue weighted by Crippen LogP contribution is 2.28. The fraction of sp³-hybridized carbons (Fsp3) is 0.500. The molecule has 0 saturated carbocycles. The molecule has 0 unspecified atom stereocenters. The summed E-state index contributed by atoms with van der Waals surface area (Å²) in [5, 5.41) is 4.41. The van der Waals surface area contributed by atoms with Gasteiger partial charge in [-0.3, -0.25) is 0 Å². The first-order valence-corrected chi connectivity index (χ1v) is 14.9. The molecule has 0 aliphatic carbocycles. The van der Waals surface area contributed by atoms with Gasteiger partial charge in [-0.15, -0.1) is 0 Å². The molecule has 2 rings (SSSR count). The Morgan fingerprint density at radius 1 is 1.09 bits per heavy atom. The van der Waals surface area contributed by atoms with E-state index in [0.29, 0.717) is 0 Å². The van der Waals surface area contributed by atoms with Crippen LogP contribution in [-0.2, 0) is 6.54 Å². The van der Waals surface area contributed by atoms with Crippen LogP contribution in [0.5, 0.6) is 0 Å². The fourth-order valence-corrected chi connectivity index (χ4v) is 6.46. The van der Waals surface area contributed by atoms with Crippen molar-refractivity contribution in [1.29, 1.82) is 0 Å². The number of hydrogen-bond donors (Lipinski definition) is 2. The van der Waals surface area contributed by atoms with Gasteiger partial charge in [0, 0.05) is 42.2 Å². The largest absolute Gasteiger partial charge is 0.394 e. The lowest BCUT2D eigenvalue weighted by atomic mass is 10.1. The minimum Gasteiger partial charge on any atom is -0.394 e. The van der Waals surface area contributed by atoms with Gasteiger partial charge in [-0.1, -0.05) is 58.0 Å².